The second kappa shape index (κ2) is 8.93. The minimum absolute atomic E-state index is 0.0351. The van der Waals surface area contributed by atoms with E-state index in [0.717, 1.165) is 17.0 Å². The highest BCUT2D eigenvalue weighted by atomic mass is 32.2. The summed E-state index contributed by atoms with van der Waals surface area (Å²) in [6.07, 6.45) is 3.43. The molecule has 146 valence electrons. The lowest BCUT2D eigenvalue weighted by Crippen LogP contribution is -2.36. The van der Waals surface area contributed by atoms with Crippen molar-refractivity contribution in [2.45, 2.75) is 37.7 Å². The molecule has 2 heterocycles. The number of carbonyl (C=O) groups is 1. The standard InChI is InChI=1S/C21H24N4O2S/c1-5-13-25-19(18-12-14-27-15(18)3)22-23-21(25)28-16(4)20(26)24(6-2)17-10-8-7-9-11-17/h5,7-12,14,16H,1,6,13H2,2-4H3. The van der Waals surface area contributed by atoms with Gasteiger partial charge in [-0.1, -0.05) is 36.0 Å². The fraction of sp³-hybridized carbons (Fsp3) is 0.286. The summed E-state index contributed by atoms with van der Waals surface area (Å²) in [5.74, 6) is 1.52. The molecule has 2 aromatic heterocycles. The van der Waals surface area contributed by atoms with Crippen molar-refractivity contribution in [3.8, 4) is 11.4 Å². The Morgan fingerprint density at radius 2 is 2.07 bits per heavy atom. The van der Waals surface area contributed by atoms with E-state index < -0.39 is 0 Å². The van der Waals surface area contributed by atoms with Gasteiger partial charge in [0.1, 0.15) is 5.76 Å². The smallest absolute Gasteiger partial charge is 0.240 e. The van der Waals surface area contributed by atoms with Crippen molar-refractivity contribution in [2.24, 2.45) is 0 Å². The molecule has 0 spiro atoms. The molecular formula is C21H24N4O2S. The summed E-state index contributed by atoms with van der Waals surface area (Å²) in [4.78, 5) is 14.8. The highest BCUT2D eigenvalue weighted by Gasteiger charge is 2.25. The summed E-state index contributed by atoms with van der Waals surface area (Å²) in [6, 6.07) is 11.6. The van der Waals surface area contributed by atoms with E-state index in [4.69, 9.17) is 4.42 Å². The van der Waals surface area contributed by atoms with Crippen molar-refractivity contribution in [3.05, 3.63) is 61.1 Å². The molecule has 3 rings (SSSR count). The van der Waals surface area contributed by atoms with E-state index in [1.807, 2.05) is 61.7 Å². The van der Waals surface area contributed by atoms with Crippen molar-refractivity contribution in [3.63, 3.8) is 0 Å². The largest absolute Gasteiger partial charge is 0.469 e. The lowest BCUT2D eigenvalue weighted by Gasteiger charge is -2.24. The number of allylic oxidation sites excluding steroid dienone is 1. The third-order valence-corrected chi connectivity index (χ3v) is 5.48. The molecule has 0 saturated heterocycles. The molecule has 0 aliphatic heterocycles. The third kappa shape index (κ3) is 4.04. The Balaban J connectivity index is 1.84. The number of para-hydroxylation sites is 1. The first-order valence-corrected chi connectivity index (χ1v) is 10.1. The SMILES string of the molecule is C=CCn1c(SC(C)C(=O)N(CC)c2ccccc2)nnc1-c1ccoc1C. The first kappa shape index (κ1) is 19.9. The lowest BCUT2D eigenvalue weighted by atomic mass is 10.2. The van der Waals surface area contributed by atoms with Gasteiger partial charge in [0.15, 0.2) is 11.0 Å². The summed E-state index contributed by atoms with van der Waals surface area (Å²) in [6.45, 7) is 10.7. The molecule has 1 unspecified atom stereocenters. The Kier molecular flexibility index (Phi) is 6.36. The minimum atomic E-state index is -0.314. The van der Waals surface area contributed by atoms with Gasteiger partial charge in [-0.05, 0) is 39.0 Å². The molecule has 0 radical (unpaired) electrons. The van der Waals surface area contributed by atoms with E-state index in [-0.39, 0.29) is 11.2 Å². The topological polar surface area (TPSA) is 64.2 Å². The Bertz CT molecular complexity index is 948. The Hall–Kier alpha value is -2.80. The van der Waals surface area contributed by atoms with Crippen LogP contribution in [-0.2, 0) is 11.3 Å². The van der Waals surface area contributed by atoms with Crippen molar-refractivity contribution in [1.82, 2.24) is 14.8 Å². The predicted octanol–water partition coefficient (Wildman–Crippen LogP) is 4.57. The van der Waals surface area contributed by atoms with E-state index in [1.165, 1.54) is 11.8 Å². The molecule has 0 aliphatic rings. The van der Waals surface area contributed by atoms with Crippen molar-refractivity contribution in [1.29, 1.82) is 0 Å². The van der Waals surface area contributed by atoms with Gasteiger partial charge in [0.2, 0.25) is 5.91 Å². The molecule has 1 amide bonds. The Morgan fingerprint density at radius 1 is 1.32 bits per heavy atom. The number of rotatable bonds is 8. The normalized spacial score (nSPS) is 12.0. The summed E-state index contributed by atoms with van der Waals surface area (Å²) in [5, 5.41) is 9.03. The number of amides is 1. The number of carbonyl (C=O) groups excluding carboxylic acids is 1. The van der Waals surface area contributed by atoms with Crippen molar-refractivity contribution < 1.29 is 9.21 Å². The van der Waals surface area contributed by atoms with Gasteiger partial charge in [0.05, 0.1) is 17.1 Å². The van der Waals surface area contributed by atoms with Crippen LogP contribution in [-0.4, -0.2) is 32.5 Å². The molecule has 1 atom stereocenters. The number of hydrogen-bond donors (Lipinski definition) is 0. The number of nitrogens with zero attached hydrogens (tertiary/aromatic N) is 4. The van der Waals surface area contributed by atoms with Crippen LogP contribution in [0.1, 0.15) is 19.6 Å². The maximum Gasteiger partial charge on any atom is 0.240 e. The van der Waals surface area contributed by atoms with Crippen LogP contribution in [0.5, 0.6) is 0 Å². The zero-order valence-electron chi connectivity index (χ0n) is 16.3. The monoisotopic (exact) mass is 396 g/mol. The molecule has 3 aromatic rings. The van der Waals surface area contributed by atoms with Crippen LogP contribution < -0.4 is 4.90 Å². The highest BCUT2D eigenvalue weighted by molar-refractivity contribution is 8.00. The van der Waals surface area contributed by atoms with E-state index in [9.17, 15) is 4.79 Å². The fourth-order valence-electron chi connectivity index (χ4n) is 2.99. The quantitative estimate of drug-likeness (QED) is 0.412. The average Bonchev–Trinajstić information content (AvgIpc) is 3.29. The van der Waals surface area contributed by atoms with Crippen LogP contribution in [0.4, 0.5) is 5.69 Å². The number of aryl methyl sites for hydroxylation is 1. The number of furan rings is 1. The molecule has 7 heteroatoms. The maximum absolute atomic E-state index is 13.1. The second-order valence-electron chi connectivity index (χ2n) is 6.27. The first-order valence-electron chi connectivity index (χ1n) is 9.18. The van der Waals surface area contributed by atoms with Gasteiger partial charge in [0.25, 0.3) is 0 Å². The number of thioether (sulfide) groups is 1. The molecule has 0 aliphatic carbocycles. The average molecular weight is 397 g/mol. The molecule has 0 saturated carbocycles. The van der Waals surface area contributed by atoms with Crippen LogP contribution in [0.3, 0.4) is 0 Å². The highest BCUT2D eigenvalue weighted by Crippen LogP contribution is 2.30. The van der Waals surface area contributed by atoms with Gasteiger partial charge in [-0.25, -0.2) is 0 Å². The van der Waals surface area contributed by atoms with Crippen molar-refractivity contribution >= 4 is 23.4 Å². The van der Waals surface area contributed by atoms with Crippen LogP contribution >= 0.6 is 11.8 Å². The fourth-order valence-corrected chi connectivity index (χ4v) is 3.91. The molecule has 0 N–H and O–H groups in total. The molecule has 0 bridgehead atoms. The summed E-state index contributed by atoms with van der Waals surface area (Å²) < 4.78 is 7.36. The zero-order valence-corrected chi connectivity index (χ0v) is 17.1. The van der Waals surface area contributed by atoms with Gasteiger partial charge >= 0.3 is 0 Å². The van der Waals surface area contributed by atoms with Crippen LogP contribution in [0.15, 0.2) is 64.9 Å². The Labute approximate surface area is 169 Å². The molecule has 28 heavy (non-hydrogen) atoms. The first-order chi connectivity index (χ1) is 13.6. The van der Waals surface area contributed by atoms with Crippen LogP contribution in [0.2, 0.25) is 0 Å². The number of aromatic nitrogens is 3. The van der Waals surface area contributed by atoms with E-state index in [2.05, 4.69) is 16.8 Å². The summed E-state index contributed by atoms with van der Waals surface area (Å²) >= 11 is 1.40. The summed E-state index contributed by atoms with van der Waals surface area (Å²) in [5.41, 5.74) is 1.78. The van der Waals surface area contributed by atoms with E-state index >= 15 is 0 Å². The molecular weight excluding hydrogens is 372 g/mol. The molecule has 6 nitrogen and oxygen atoms in total. The van der Waals surface area contributed by atoms with Gasteiger partial charge in [-0.3, -0.25) is 9.36 Å². The number of hydrogen-bond acceptors (Lipinski definition) is 5. The number of anilines is 1. The van der Waals surface area contributed by atoms with Crippen molar-refractivity contribution in [2.75, 3.05) is 11.4 Å². The van der Waals surface area contributed by atoms with Gasteiger partial charge in [0, 0.05) is 18.8 Å². The Morgan fingerprint density at radius 3 is 2.68 bits per heavy atom. The van der Waals surface area contributed by atoms with E-state index in [1.54, 1.807) is 17.2 Å². The number of benzene rings is 1. The van der Waals surface area contributed by atoms with Gasteiger partial charge in [-0.2, -0.15) is 0 Å². The van der Waals surface area contributed by atoms with Gasteiger partial charge < -0.3 is 9.32 Å². The molecule has 1 aromatic carbocycles. The van der Waals surface area contributed by atoms with E-state index in [0.29, 0.717) is 24.1 Å². The van der Waals surface area contributed by atoms with Crippen LogP contribution in [0.25, 0.3) is 11.4 Å². The third-order valence-electron chi connectivity index (χ3n) is 4.41. The zero-order chi connectivity index (χ0) is 20.1. The second-order valence-corrected chi connectivity index (χ2v) is 7.58. The summed E-state index contributed by atoms with van der Waals surface area (Å²) in [7, 11) is 0. The van der Waals surface area contributed by atoms with Crippen LogP contribution in [0, 0.1) is 6.92 Å². The maximum atomic E-state index is 13.1. The molecule has 0 fully saturated rings. The lowest BCUT2D eigenvalue weighted by molar-refractivity contribution is -0.117. The minimum Gasteiger partial charge on any atom is -0.469 e. The van der Waals surface area contributed by atoms with Gasteiger partial charge in [-0.15, -0.1) is 16.8 Å². The predicted molar refractivity (Wildman–Crippen MR) is 112 cm³/mol.